The van der Waals surface area contributed by atoms with Gasteiger partial charge in [-0.25, -0.2) is 18.7 Å². The number of aliphatic hydroxyl groups excluding tert-OH is 1. The number of carboxylic acid groups (broad SMARTS) is 1. The molecular formula is C14H17FN4O4. The molecule has 1 aliphatic rings. The third-order valence-electron chi connectivity index (χ3n) is 4.56. The van der Waals surface area contributed by atoms with Gasteiger partial charge in [0.15, 0.2) is 5.82 Å². The maximum absolute atomic E-state index is 15.2. The zero-order valence-electron chi connectivity index (χ0n) is 12.6. The highest BCUT2D eigenvalue weighted by atomic mass is 19.1. The third-order valence-corrected chi connectivity index (χ3v) is 4.56. The normalized spacial score (nSPS) is 30.9. The van der Waals surface area contributed by atoms with Crippen LogP contribution in [0.4, 0.5) is 10.2 Å². The van der Waals surface area contributed by atoms with Crippen LogP contribution in [0.25, 0.3) is 5.52 Å². The summed E-state index contributed by atoms with van der Waals surface area (Å²) in [5.41, 5.74) is 4.12. The third kappa shape index (κ3) is 2.15. The number of carbonyl (C=O) groups is 1. The lowest BCUT2D eigenvalue weighted by Gasteiger charge is -2.24. The number of aromatic carboxylic acids is 1. The minimum atomic E-state index is -1.81. The molecule has 2 aromatic rings. The fourth-order valence-electron chi connectivity index (χ4n) is 3.03. The first-order valence-electron chi connectivity index (χ1n) is 7.09. The highest BCUT2D eigenvalue weighted by molar-refractivity contribution is 5.99. The molecule has 3 rings (SSSR count). The van der Waals surface area contributed by atoms with Gasteiger partial charge in [-0.15, -0.1) is 0 Å². The summed E-state index contributed by atoms with van der Waals surface area (Å²) >= 11 is 0. The average molecular weight is 324 g/mol. The fourth-order valence-corrected chi connectivity index (χ4v) is 3.03. The van der Waals surface area contributed by atoms with E-state index in [1.54, 1.807) is 6.92 Å². The quantitative estimate of drug-likeness (QED) is 0.763. The number of aliphatic hydroxyl groups is 1. The van der Waals surface area contributed by atoms with E-state index in [-0.39, 0.29) is 29.2 Å². The standard InChI is InChI=1S/C14H17FN4O4/c1-6-9(4-20)23-11(14(6,2)15)8-3-7(13(21)22)10-12(16)17-5-18-19(8)10/h3,5-6,9,11,20H,4H2,1-2H3,(H,21,22)(H2,16,17,18)/t6-,9-,11+,14-/m1/s1. The number of alkyl halides is 1. The second-order valence-electron chi connectivity index (χ2n) is 5.87. The van der Waals surface area contributed by atoms with Gasteiger partial charge >= 0.3 is 5.97 Å². The summed E-state index contributed by atoms with van der Waals surface area (Å²) in [6.07, 6.45) is -0.604. The SMILES string of the molecule is C[C@@H]1[C@@H](CO)O[C@@H](c2cc(C(=O)O)c3c(N)ncnn23)[C@]1(C)F. The van der Waals surface area contributed by atoms with Crippen LogP contribution in [0.15, 0.2) is 12.4 Å². The second-order valence-corrected chi connectivity index (χ2v) is 5.87. The van der Waals surface area contributed by atoms with E-state index in [0.29, 0.717) is 0 Å². The van der Waals surface area contributed by atoms with Crippen LogP contribution in [-0.2, 0) is 4.74 Å². The van der Waals surface area contributed by atoms with E-state index in [1.807, 2.05) is 0 Å². The molecule has 124 valence electrons. The molecule has 4 N–H and O–H groups in total. The number of nitrogens with zero attached hydrogens (tertiary/aromatic N) is 3. The van der Waals surface area contributed by atoms with Crippen molar-refractivity contribution in [1.82, 2.24) is 14.6 Å². The molecule has 0 unspecified atom stereocenters. The van der Waals surface area contributed by atoms with Gasteiger partial charge in [0.25, 0.3) is 0 Å². The van der Waals surface area contributed by atoms with Crippen LogP contribution >= 0.6 is 0 Å². The summed E-state index contributed by atoms with van der Waals surface area (Å²) in [5, 5.41) is 22.7. The van der Waals surface area contributed by atoms with E-state index in [1.165, 1.54) is 17.5 Å². The molecule has 0 spiro atoms. The second kappa shape index (κ2) is 5.14. The predicted molar refractivity (Wildman–Crippen MR) is 77.7 cm³/mol. The van der Waals surface area contributed by atoms with Crippen molar-refractivity contribution >= 4 is 17.3 Å². The Bertz CT molecular complexity index is 775. The summed E-state index contributed by atoms with van der Waals surface area (Å²) in [4.78, 5) is 15.2. The van der Waals surface area contributed by atoms with Crippen molar-refractivity contribution in [2.24, 2.45) is 5.92 Å². The molecule has 0 aliphatic carbocycles. The molecule has 2 aromatic heterocycles. The largest absolute Gasteiger partial charge is 0.478 e. The van der Waals surface area contributed by atoms with Crippen molar-refractivity contribution in [2.75, 3.05) is 12.3 Å². The van der Waals surface area contributed by atoms with Crippen molar-refractivity contribution in [1.29, 1.82) is 0 Å². The molecule has 0 aromatic carbocycles. The maximum atomic E-state index is 15.2. The van der Waals surface area contributed by atoms with Gasteiger partial charge in [-0.3, -0.25) is 0 Å². The number of anilines is 1. The molecule has 0 saturated carbocycles. The fraction of sp³-hybridized carbons (Fsp3) is 0.500. The van der Waals surface area contributed by atoms with E-state index in [4.69, 9.17) is 10.5 Å². The van der Waals surface area contributed by atoms with Crippen molar-refractivity contribution < 1.29 is 24.1 Å². The number of halogens is 1. The first-order chi connectivity index (χ1) is 10.8. The summed E-state index contributed by atoms with van der Waals surface area (Å²) in [7, 11) is 0. The van der Waals surface area contributed by atoms with Crippen molar-refractivity contribution in [3.8, 4) is 0 Å². The molecule has 4 atom stereocenters. The van der Waals surface area contributed by atoms with Gasteiger partial charge in [0, 0.05) is 5.92 Å². The molecule has 23 heavy (non-hydrogen) atoms. The molecule has 1 saturated heterocycles. The Morgan fingerprint density at radius 1 is 1.61 bits per heavy atom. The van der Waals surface area contributed by atoms with Crippen LogP contribution in [0.2, 0.25) is 0 Å². The molecule has 0 amide bonds. The van der Waals surface area contributed by atoms with E-state index in [0.717, 1.165) is 6.33 Å². The summed E-state index contributed by atoms with van der Waals surface area (Å²) in [6.45, 7) is 2.67. The molecular weight excluding hydrogens is 307 g/mol. The molecule has 0 radical (unpaired) electrons. The van der Waals surface area contributed by atoms with Crippen LogP contribution in [0.5, 0.6) is 0 Å². The minimum Gasteiger partial charge on any atom is -0.478 e. The van der Waals surface area contributed by atoms with Gasteiger partial charge in [-0.05, 0) is 13.0 Å². The van der Waals surface area contributed by atoms with Gasteiger partial charge in [0.05, 0.1) is 24.0 Å². The number of rotatable bonds is 3. The Morgan fingerprint density at radius 3 is 2.87 bits per heavy atom. The highest BCUT2D eigenvalue weighted by Gasteiger charge is 2.53. The molecule has 0 bridgehead atoms. The lowest BCUT2D eigenvalue weighted by Crippen LogP contribution is -2.32. The lowest BCUT2D eigenvalue weighted by molar-refractivity contribution is -0.0200. The van der Waals surface area contributed by atoms with Crippen molar-refractivity contribution in [3.05, 3.63) is 23.7 Å². The summed E-state index contributed by atoms with van der Waals surface area (Å²) in [5.74, 6) is -1.81. The lowest BCUT2D eigenvalue weighted by atomic mass is 9.86. The van der Waals surface area contributed by atoms with Crippen LogP contribution in [0, 0.1) is 5.92 Å². The Morgan fingerprint density at radius 2 is 2.30 bits per heavy atom. The van der Waals surface area contributed by atoms with E-state index < -0.39 is 29.8 Å². The zero-order chi connectivity index (χ0) is 16.9. The molecule has 1 aliphatic heterocycles. The number of ether oxygens (including phenoxy) is 1. The number of aromatic nitrogens is 3. The highest BCUT2D eigenvalue weighted by Crippen LogP contribution is 2.48. The zero-order valence-corrected chi connectivity index (χ0v) is 12.6. The molecule has 1 fully saturated rings. The summed E-state index contributed by atoms with van der Waals surface area (Å²) < 4.78 is 22.0. The van der Waals surface area contributed by atoms with Gasteiger partial charge in [-0.1, -0.05) is 6.92 Å². The average Bonchev–Trinajstić information content (AvgIpc) is 2.97. The Kier molecular flexibility index (Phi) is 3.49. The number of nitrogen functional groups attached to an aromatic ring is 1. The smallest absolute Gasteiger partial charge is 0.338 e. The Hall–Kier alpha value is -2.26. The van der Waals surface area contributed by atoms with E-state index in [2.05, 4.69) is 10.1 Å². The molecule has 8 nitrogen and oxygen atoms in total. The number of hydrogen-bond acceptors (Lipinski definition) is 6. The Balaban J connectivity index is 2.21. The molecule has 9 heteroatoms. The monoisotopic (exact) mass is 324 g/mol. The topological polar surface area (TPSA) is 123 Å². The minimum absolute atomic E-state index is 0.0195. The van der Waals surface area contributed by atoms with Gasteiger partial charge in [-0.2, -0.15) is 5.10 Å². The van der Waals surface area contributed by atoms with Crippen LogP contribution < -0.4 is 5.73 Å². The van der Waals surface area contributed by atoms with Gasteiger partial charge in [0.2, 0.25) is 0 Å². The number of carboxylic acids is 1. The maximum Gasteiger partial charge on any atom is 0.338 e. The van der Waals surface area contributed by atoms with Gasteiger partial charge < -0.3 is 20.7 Å². The Labute approximate surface area is 130 Å². The van der Waals surface area contributed by atoms with Crippen molar-refractivity contribution in [3.63, 3.8) is 0 Å². The number of hydrogen-bond donors (Lipinski definition) is 3. The first-order valence-corrected chi connectivity index (χ1v) is 7.09. The van der Waals surface area contributed by atoms with Gasteiger partial charge in [0.1, 0.15) is 23.6 Å². The van der Waals surface area contributed by atoms with Crippen LogP contribution in [0.3, 0.4) is 0 Å². The predicted octanol–water partition coefficient (Wildman–Crippen LogP) is 0.806. The van der Waals surface area contributed by atoms with E-state index >= 15 is 4.39 Å². The first kappa shape index (κ1) is 15.6. The van der Waals surface area contributed by atoms with E-state index in [9.17, 15) is 15.0 Å². The molecule has 3 heterocycles. The van der Waals surface area contributed by atoms with Crippen LogP contribution in [0.1, 0.15) is 36.0 Å². The summed E-state index contributed by atoms with van der Waals surface area (Å²) in [6, 6.07) is 1.29. The van der Waals surface area contributed by atoms with Crippen molar-refractivity contribution in [2.45, 2.75) is 31.7 Å². The number of fused-ring (bicyclic) bond motifs is 1. The van der Waals surface area contributed by atoms with Crippen LogP contribution in [-0.4, -0.2) is 49.2 Å². The number of nitrogens with two attached hydrogens (primary N) is 1.